The van der Waals surface area contributed by atoms with Crippen LogP contribution in [0.15, 0.2) is 4.34 Å². The Hall–Kier alpha value is -0.590. The highest BCUT2D eigenvalue weighted by Crippen LogP contribution is 2.42. The van der Waals surface area contributed by atoms with E-state index < -0.39 is 0 Å². The summed E-state index contributed by atoms with van der Waals surface area (Å²) in [6, 6.07) is 0. The fraction of sp³-hybridized carbons (Fsp3) is 0.250. The number of carbonyl (C=O) groups is 1. The van der Waals surface area contributed by atoms with E-state index in [4.69, 9.17) is 0 Å². The van der Waals surface area contributed by atoms with Crippen LogP contribution in [-0.4, -0.2) is 22.1 Å². The molecule has 0 saturated heterocycles. The van der Waals surface area contributed by atoms with E-state index in [0.29, 0.717) is 4.88 Å². The van der Waals surface area contributed by atoms with Crippen molar-refractivity contribution in [2.24, 2.45) is 0 Å². The lowest BCUT2D eigenvalue weighted by Crippen LogP contribution is -1.85. The van der Waals surface area contributed by atoms with Crippen molar-refractivity contribution >= 4 is 49.7 Å². The van der Waals surface area contributed by atoms with Gasteiger partial charge in [-0.25, -0.2) is 4.98 Å². The van der Waals surface area contributed by atoms with Gasteiger partial charge in [-0.05, 0) is 6.26 Å². The van der Waals surface area contributed by atoms with Crippen LogP contribution >= 0.6 is 34.4 Å². The molecule has 0 amide bonds. The van der Waals surface area contributed by atoms with Gasteiger partial charge in [0.15, 0.2) is 15.9 Å². The van der Waals surface area contributed by atoms with Crippen molar-refractivity contribution in [1.82, 2.24) is 4.98 Å². The molecule has 2 heterocycles. The van der Waals surface area contributed by atoms with Gasteiger partial charge in [-0.2, -0.15) is 0 Å². The SMILES string of the molecule is CSc1nc2sc(C(C)=O)c(O)c2s1. The van der Waals surface area contributed by atoms with Crippen molar-refractivity contribution in [2.75, 3.05) is 6.26 Å². The summed E-state index contributed by atoms with van der Waals surface area (Å²) in [6.07, 6.45) is 1.94. The summed E-state index contributed by atoms with van der Waals surface area (Å²) < 4.78 is 1.64. The maximum atomic E-state index is 11.1. The standard InChI is InChI=1S/C8H7NO2S3/c1-3(10)5-4(11)6-7(13-5)9-8(12-2)14-6/h11H,1-2H3. The largest absolute Gasteiger partial charge is 0.505 e. The Labute approximate surface area is 92.8 Å². The third-order valence-electron chi connectivity index (χ3n) is 1.70. The van der Waals surface area contributed by atoms with Crippen molar-refractivity contribution < 1.29 is 9.90 Å². The molecule has 2 aromatic heterocycles. The van der Waals surface area contributed by atoms with Crippen LogP contribution in [0.1, 0.15) is 16.6 Å². The molecular weight excluding hydrogens is 238 g/mol. The number of nitrogens with zero attached hydrogens (tertiary/aromatic N) is 1. The molecule has 0 aliphatic heterocycles. The average molecular weight is 245 g/mol. The molecule has 0 unspecified atom stereocenters. The van der Waals surface area contributed by atoms with E-state index in [0.717, 1.165) is 13.9 Å². The van der Waals surface area contributed by atoms with Crippen molar-refractivity contribution in [1.29, 1.82) is 0 Å². The van der Waals surface area contributed by atoms with E-state index in [-0.39, 0.29) is 11.5 Å². The molecule has 14 heavy (non-hydrogen) atoms. The monoisotopic (exact) mass is 245 g/mol. The summed E-state index contributed by atoms with van der Waals surface area (Å²) in [5.41, 5.74) is 0. The maximum Gasteiger partial charge on any atom is 0.173 e. The fourth-order valence-electron chi connectivity index (χ4n) is 1.08. The molecule has 0 radical (unpaired) electrons. The van der Waals surface area contributed by atoms with Gasteiger partial charge in [-0.3, -0.25) is 4.79 Å². The highest BCUT2D eigenvalue weighted by Gasteiger charge is 2.18. The summed E-state index contributed by atoms with van der Waals surface area (Å²) in [4.78, 5) is 16.6. The van der Waals surface area contributed by atoms with Gasteiger partial charge in [-0.15, -0.1) is 22.7 Å². The second kappa shape index (κ2) is 3.52. The van der Waals surface area contributed by atoms with Gasteiger partial charge in [-0.1, -0.05) is 11.8 Å². The lowest BCUT2D eigenvalue weighted by atomic mass is 10.3. The Bertz CT molecular complexity index is 500. The minimum absolute atomic E-state index is 0.0929. The first-order chi connectivity index (χ1) is 6.63. The van der Waals surface area contributed by atoms with Gasteiger partial charge in [0.2, 0.25) is 0 Å². The molecule has 74 valence electrons. The normalized spacial score (nSPS) is 11.0. The highest BCUT2D eigenvalue weighted by atomic mass is 32.2. The third kappa shape index (κ3) is 1.43. The molecule has 2 rings (SSSR count). The summed E-state index contributed by atoms with van der Waals surface area (Å²) in [5, 5.41) is 9.72. The van der Waals surface area contributed by atoms with Crippen LogP contribution in [0.25, 0.3) is 9.53 Å². The summed E-state index contributed by atoms with van der Waals surface area (Å²) >= 11 is 4.22. The van der Waals surface area contributed by atoms with Gasteiger partial charge in [0, 0.05) is 6.92 Å². The van der Waals surface area contributed by atoms with Crippen LogP contribution in [0, 0.1) is 0 Å². The number of fused-ring (bicyclic) bond motifs is 1. The zero-order chi connectivity index (χ0) is 10.3. The first-order valence-electron chi connectivity index (χ1n) is 3.80. The van der Waals surface area contributed by atoms with E-state index in [1.165, 1.54) is 29.6 Å². The van der Waals surface area contributed by atoms with Gasteiger partial charge >= 0.3 is 0 Å². The molecule has 6 heteroatoms. The molecule has 0 fully saturated rings. The number of hydrogen-bond acceptors (Lipinski definition) is 6. The number of ketones is 1. The third-order valence-corrected chi connectivity index (χ3v) is 5.05. The van der Waals surface area contributed by atoms with Gasteiger partial charge in [0.25, 0.3) is 0 Å². The van der Waals surface area contributed by atoms with Crippen LogP contribution in [0.2, 0.25) is 0 Å². The van der Waals surface area contributed by atoms with E-state index in [9.17, 15) is 9.90 Å². The van der Waals surface area contributed by atoms with Gasteiger partial charge in [0.05, 0.1) is 0 Å². The van der Waals surface area contributed by atoms with Crippen LogP contribution in [0.5, 0.6) is 5.75 Å². The quantitative estimate of drug-likeness (QED) is 0.652. The number of hydrogen-bond donors (Lipinski definition) is 1. The number of carbonyl (C=O) groups excluding carboxylic acids is 1. The molecule has 2 aromatic rings. The van der Waals surface area contributed by atoms with Crippen molar-refractivity contribution in [3.63, 3.8) is 0 Å². The van der Waals surface area contributed by atoms with Crippen LogP contribution in [0.3, 0.4) is 0 Å². The molecule has 0 aromatic carbocycles. The molecular formula is C8H7NO2S3. The summed E-state index contributed by atoms with van der Waals surface area (Å²) in [5.74, 6) is -0.0151. The van der Waals surface area contributed by atoms with Crippen LogP contribution in [-0.2, 0) is 0 Å². The molecule has 0 saturated carbocycles. The second-order valence-corrected chi connectivity index (χ2v) is 5.71. The Kier molecular flexibility index (Phi) is 2.50. The Balaban J connectivity index is 2.66. The molecule has 0 bridgehead atoms. The lowest BCUT2D eigenvalue weighted by Gasteiger charge is -1.89. The second-order valence-electron chi connectivity index (χ2n) is 2.65. The maximum absolute atomic E-state index is 11.1. The smallest absolute Gasteiger partial charge is 0.173 e. The molecule has 1 N–H and O–H groups in total. The molecule has 0 spiro atoms. The number of rotatable bonds is 2. The zero-order valence-electron chi connectivity index (χ0n) is 7.53. The van der Waals surface area contributed by atoms with E-state index in [2.05, 4.69) is 4.98 Å². The van der Waals surface area contributed by atoms with E-state index in [1.54, 1.807) is 11.8 Å². The fourth-order valence-corrected chi connectivity index (χ4v) is 3.78. The zero-order valence-corrected chi connectivity index (χ0v) is 9.98. The molecule has 3 nitrogen and oxygen atoms in total. The first-order valence-corrected chi connectivity index (χ1v) is 6.66. The Morgan fingerprint density at radius 2 is 2.21 bits per heavy atom. The van der Waals surface area contributed by atoms with Gasteiger partial charge in [0.1, 0.15) is 14.4 Å². The molecule has 0 aliphatic rings. The summed E-state index contributed by atoms with van der Waals surface area (Å²) in [7, 11) is 0. The minimum Gasteiger partial charge on any atom is -0.505 e. The Morgan fingerprint density at radius 1 is 1.50 bits per heavy atom. The number of thiazole rings is 1. The van der Waals surface area contributed by atoms with Crippen LogP contribution < -0.4 is 0 Å². The minimum atomic E-state index is -0.108. The number of thiophene rings is 1. The number of Topliss-reactive ketones (excluding diaryl/α,β-unsaturated/α-hetero) is 1. The van der Waals surface area contributed by atoms with Crippen LogP contribution in [0.4, 0.5) is 0 Å². The predicted octanol–water partition coefficient (Wildman–Crippen LogP) is 2.99. The lowest BCUT2D eigenvalue weighted by molar-refractivity contribution is 0.101. The Morgan fingerprint density at radius 3 is 2.71 bits per heavy atom. The van der Waals surface area contributed by atoms with Crippen molar-refractivity contribution in [2.45, 2.75) is 11.3 Å². The highest BCUT2D eigenvalue weighted by molar-refractivity contribution is 8.00. The molecule has 0 aliphatic carbocycles. The van der Waals surface area contributed by atoms with E-state index >= 15 is 0 Å². The van der Waals surface area contributed by atoms with Gasteiger partial charge < -0.3 is 5.11 Å². The first kappa shape index (κ1) is 9.95. The number of aromatic hydroxyl groups is 1. The van der Waals surface area contributed by atoms with E-state index in [1.807, 2.05) is 6.26 Å². The number of aromatic nitrogens is 1. The summed E-state index contributed by atoms with van der Waals surface area (Å²) in [6.45, 7) is 1.45. The van der Waals surface area contributed by atoms with Crippen molar-refractivity contribution in [3.05, 3.63) is 4.88 Å². The molecule has 0 atom stereocenters. The van der Waals surface area contributed by atoms with Crippen molar-refractivity contribution in [3.8, 4) is 5.75 Å². The predicted molar refractivity (Wildman–Crippen MR) is 60.9 cm³/mol. The topological polar surface area (TPSA) is 50.2 Å². The number of thioether (sulfide) groups is 1. The average Bonchev–Trinajstić information content (AvgIpc) is 2.65.